The number of aromatic nitrogens is 1. The summed E-state index contributed by atoms with van der Waals surface area (Å²) in [7, 11) is 0. The van der Waals surface area contributed by atoms with E-state index in [4.69, 9.17) is 4.42 Å². The van der Waals surface area contributed by atoms with E-state index in [1.165, 1.54) is 11.1 Å². The quantitative estimate of drug-likeness (QED) is 0.826. The lowest BCUT2D eigenvalue weighted by Crippen LogP contribution is -2.20. The first kappa shape index (κ1) is 14.8. The van der Waals surface area contributed by atoms with Crippen LogP contribution in [-0.2, 0) is 19.4 Å². The van der Waals surface area contributed by atoms with Crippen molar-refractivity contribution < 1.29 is 4.42 Å². The molecule has 0 aliphatic carbocycles. The van der Waals surface area contributed by atoms with Crippen molar-refractivity contribution in [1.82, 2.24) is 10.3 Å². The van der Waals surface area contributed by atoms with Crippen LogP contribution in [0.2, 0.25) is 0 Å². The minimum absolute atomic E-state index is 0.345. The van der Waals surface area contributed by atoms with Gasteiger partial charge in [0.05, 0.1) is 12.7 Å². The van der Waals surface area contributed by atoms with Crippen LogP contribution in [-0.4, -0.2) is 4.98 Å². The maximum atomic E-state index is 5.63. The average molecular weight is 272 g/mol. The molecule has 3 nitrogen and oxygen atoms in total. The van der Waals surface area contributed by atoms with Crippen LogP contribution in [0, 0.1) is 0 Å². The van der Waals surface area contributed by atoms with Crippen LogP contribution < -0.4 is 5.32 Å². The Balaban J connectivity index is 1.97. The normalized spacial score (nSPS) is 12.6. The molecule has 108 valence electrons. The van der Waals surface area contributed by atoms with Crippen molar-refractivity contribution in [2.75, 3.05) is 0 Å². The molecule has 0 bridgehead atoms. The van der Waals surface area contributed by atoms with E-state index in [0.717, 1.165) is 30.9 Å². The topological polar surface area (TPSA) is 38.1 Å². The van der Waals surface area contributed by atoms with E-state index in [0.29, 0.717) is 12.6 Å². The molecule has 1 heterocycles. The Morgan fingerprint density at radius 1 is 1.10 bits per heavy atom. The molecule has 2 aromatic rings. The summed E-state index contributed by atoms with van der Waals surface area (Å²) >= 11 is 0. The summed E-state index contributed by atoms with van der Waals surface area (Å²) in [5, 5.41) is 3.52. The first-order valence-corrected chi connectivity index (χ1v) is 7.52. The summed E-state index contributed by atoms with van der Waals surface area (Å²) in [6.07, 6.45) is 4.84. The highest BCUT2D eigenvalue weighted by Crippen LogP contribution is 2.18. The van der Waals surface area contributed by atoms with Crippen LogP contribution in [0.1, 0.15) is 56.0 Å². The van der Waals surface area contributed by atoms with Crippen LogP contribution in [0.4, 0.5) is 0 Å². The van der Waals surface area contributed by atoms with Gasteiger partial charge in [-0.15, -0.1) is 0 Å². The second-order valence-corrected chi connectivity index (χ2v) is 5.01. The minimum Gasteiger partial charge on any atom is -0.444 e. The zero-order chi connectivity index (χ0) is 14.4. The standard InChI is InChI=1S/C17H24N2O/c1-4-13-7-9-14(10-8-13)16(6-3)18-12-17-19-11-15(5-2)20-17/h7-11,16,18H,4-6,12H2,1-3H3. The average Bonchev–Trinajstić information content (AvgIpc) is 2.96. The number of aryl methyl sites for hydroxylation is 2. The summed E-state index contributed by atoms with van der Waals surface area (Å²) in [4.78, 5) is 4.29. The predicted molar refractivity (Wildman–Crippen MR) is 81.6 cm³/mol. The highest BCUT2D eigenvalue weighted by molar-refractivity contribution is 5.25. The third-order valence-corrected chi connectivity index (χ3v) is 3.65. The number of hydrogen-bond acceptors (Lipinski definition) is 3. The molecule has 1 N–H and O–H groups in total. The molecule has 0 saturated carbocycles. The van der Waals surface area contributed by atoms with Crippen LogP contribution in [0.15, 0.2) is 34.9 Å². The molecule has 0 fully saturated rings. The van der Waals surface area contributed by atoms with Crippen molar-refractivity contribution in [3.63, 3.8) is 0 Å². The molecule has 0 amide bonds. The van der Waals surface area contributed by atoms with Crippen molar-refractivity contribution in [1.29, 1.82) is 0 Å². The molecule has 1 atom stereocenters. The third kappa shape index (κ3) is 3.70. The van der Waals surface area contributed by atoms with Gasteiger partial charge in [-0.05, 0) is 24.0 Å². The van der Waals surface area contributed by atoms with Gasteiger partial charge < -0.3 is 9.73 Å². The van der Waals surface area contributed by atoms with E-state index in [2.05, 4.69) is 55.3 Å². The highest BCUT2D eigenvalue weighted by atomic mass is 16.4. The second-order valence-electron chi connectivity index (χ2n) is 5.01. The summed E-state index contributed by atoms with van der Waals surface area (Å²) in [5.74, 6) is 1.72. The largest absolute Gasteiger partial charge is 0.444 e. The van der Waals surface area contributed by atoms with Crippen molar-refractivity contribution in [2.45, 2.75) is 52.6 Å². The van der Waals surface area contributed by atoms with Crippen LogP contribution in [0.3, 0.4) is 0 Å². The summed E-state index contributed by atoms with van der Waals surface area (Å²) in [5.41, 5.74) is 2.70. The number of benzene rings is 1. The van der Waals surface area contributed by atoms with E-state index >= 15 is 0 Å². The molecular formula is C17H24N2O. The third-order valence-electron chi connectivity index (χ3n) is 3.65. The Kier molecular flexibility index (Phi) is 5.36. The van der Waals surface area contributed by atoms with E-state index in [1.807, 2.05) is 6.20 Å². The maximum absolute atomic E-state index is 5.63. The fourth-order valence-corrected chi connectivity index (χ4v) is 2.29. The van der Waals surface area contributed by atoms with Crippen molar-refractivity contribution >= 4 is 0 Å². The summed E-state index contributed by atoms with van der Waals surface area (Å²) < 4.78 is 5.63. The molecule has 20 heavy (non-hydrogen) atoms. The van der Waals surface area contributed by atoms with Gasteiger partial charge in [0, 0.05) is 12.5 Å². The fourth-order valence-electron chi connectivity index (χ4n) is 2.29. The number of oxazole rings is 1. The van der Waals surface area contributed by atoms with Crippen molar-refractivity contribution in [3.05, 3.63) is 53.2 Å². The Hall–Kier alpha value is -1.61. The smallest absolute Gasteiger partial charge is 0.208 e. The zero-order valence-corrected chi connectivity index (χ0v) is 12.6. The lowest BCUT2D eigenvalue weighted by Gasteiger charge is -2.16. The molecular weight excluding hydrogens is 248 g/mol. The molecule has 1 aromatic heterocycles. The summed E-state index contributed by atoms with van der Waals surface area (Å²) in [6, 6.07) is 9.19. The van der Waals surface area contributed by atoms with Crippen molar-refractivity contribution in [3.8, 4) is 0 Å². The SMILES string of the molecule is CCc1ccc(C(CC)NCc2ncc(CC)o2)cc1. The molecule has 3 heteroatoms. The first-order valence-electron chi connectivity index (χ1n) is 7.52. The Morgan fingerprint density at radius 3 is 2.40 bits per heavy atom. The van der Waals surface area contributed by atoms with Gasteiger partial charge in [0.1, 0.15) is 5.76 Å². The molecule has 0 radical (unpaired) electrons. The van der Waals surface area contributed by atoms with E-state index < -0.39 is 0 Å². The first-order chi connectivity index (χ1) is 9.76. The highest BCUT2D eigenvalue weighted by Gasteiger charge is 2.10. The van der Waals surface area contributed by atoms with Gasteiger partial charge in [-0.25, -0.2) is 4.98 Å². The number of nitrogens with one attached hydrogen (secondary N) is 1. The summed E-state index contributed by atoms with van der Waals surface area (Å²) in [6.45, 7) is 7.12. The molecule has 0 saturated heterocycles. The number of rotatable bonds is 7. The van der Waals surface area contributed by atoms with Gasteiger partial charge >= 0.3 is 0 Å². The Bertz CT molecular complexity index is 516. The minimum atomic E-state index is 0.345. The zero-order valence-electron chi connectivity index (χ0n) is 12.6. The van der Waals surface area contributed by atoms with Crippen LogP contribution >= 0.6 is 0 Å². The molecule has 0 aliphatic heterocycles. The Labute approximate surface area is 121 Å². The van der Waals surface area contributed by atoms with E-state index in [1.54, 1.807) is 0 Å². The van der Waals surface area contributed by atoms with Crippen molar-refractivity contribution in [2.24, 2.45) is 0 Å². The fraction of sp³-hybridized carbons (Fsp3) is 0.471. The van der Waals surface area contributed by atoms with Gasteiger partial charge in [-0.2, -0.15) is 0 Å². The molecule has 1 unspecified atom stereocenters. The van der Waals surface area contributed by atoms with Gasteiger partial charge in [-0.1, -0.05) is 45.0 Å². The lowest BCUT2D eigenvalue weighted by molar-refractivity contribution is 0.413. The number of hydrogen-bond donors (Lipinski definition) is 1. The lowest BCUT2D eigenvalue weighted by atomic mass is 10.0. The number of nitrogens with zero attached hydrogens (tertiary/aromatic N) is 1. The van der Waals surface area contributed by atoms with E-state index in [-0.39, 0.29) is 0 Å². The molecule has 0 spiro atoms. The molecule has 2 rings (SSSR count). The van der Waals surface area contributed by atoms with Crippen LogP contribution in [0.5, 0.6) is 0 Å². The second kappa shape index (κ2) is 7.25. The van der Waals surface area contributed by atoms with Gasteiger partial charge in [-0.3, -0.25) is 0 Å². The molecule has 1 aromatic carbocycles. The monoisotopic (exact) mass is 272 g/mol. The Morgan fingerprint density at radius 2 is 1.85 bits per heavy atom. The van der Waals surface area contributed by atoms with Gasteiger partial charge in [0.2, 0.25) is 5.89 Å². The van der Waals surface area contributed by atoms with Crippen LogP contribution in [0.25, 0.3) is 0 Å². The van der Waals surface area contributed by atoms with Gasteiger partial charge in [0.15, 0.2) is 0 Å². The maximum Gasteiger partial charge on any atom is 0.208 e. The van der Waals surface area contributed by atoms with E-state index in [9.17, 15) is 0 Å². The molecule has 0 aliphatic rings. The van der Waals surface area contributed by atoms with Gasteiger partial charge in [0.25, 0.3) is 0 Å². The predicted octanol–water partition coefficient (Wildman–Crippen LogP) is 4.04.